The van der Waals surface area contributed by atoms with Crippen LogP contribution in [-0.2, 0) is 11.3 Å². The van der Waals surface area contributed by atoms with Gasteiger partial charge in [0.2, 0.25) is 11.2 Å². The van der Waals surface area contributed by atoms with E-state index in [0.717, 1.165) is 12.0 Å². The van der Waals surface area contributed by atoms with Crippen molar-refractivity contribution in [3.63, 3.8) is 0 Å². The Morgan fingerprint density at radius 1 is 0.971 bits per heavy atom. The topological polar surface area (TPSA) is 75.0 Å². The Labute approximate surface area is 195 Å². The van der Waals surface area contributed by atoms with Crippen LogP contribution in [0.4, 0.5) is 4.39 Å². The van der Waals surface area contributed by atoms with Crippen LogP contribution in [-0.4, -0.2) is 12.6 Å². The van der Waals surface area contributed by atoms with Gasteiger partial charge in [0.15, 0.2) is 0 Å². The van der Waals surface area contributed by atoms with Gasteiger partial charge in [-0.3, -0.25) is 4.79 Å². The molecule has 0 N–H and O–H groups in total. The fourth-order valence-corrected chi connectivity index (χ4v) is 3.28. The molecule has 0 saturated carbocycles. The molecule has 0 spiro atoms. The highest BCUT2D eigenvalue weighted by Gasteiger charge is 2.15. The molecule has 1 heterocycles. The highest BCUT2D eigenvalue weighted by Crippen LogP contribution is 2.28. The largest absolute Gasteiger partial charge is 0.489 e. The van der Waals surface area contributed by atoms with E-state index in [1.165, 1.54) is 12.1 Å². The van der Waals surface area contributed by atoms with Crippen LogP contribution in [0.15, 0.2) is 75.9 Å². The molecule has 4 rings (SSSR count). The van der Waals surface area contributed by atoms with E-state index in [-0.39, 0.29) is 23.6 Å². The molecule has 0 aliphatic carbocycles. The molecule has 34 heavy (non-hydrogen) atoms. The zero-order valence-electron chi connectivity index (χ0n) is 18.8. The number of carbonyl (C=O) groups is 1. The molecule has 6 nitrogen and oxygen atoms in total. The first kappa shape index (κ1) is 23.0. The van der Waals surface area contributed by atoms with Crippen molar-refractivity contribution in [2.24, 2.45) is 0 Å². The zero-order chi connectivity index (χ0) is 24.1. The van der Waals surface area contributed by atoms with Gasteiger partial charge < -0.3 is 18.6 Å². The van der Waals surface area contributed by atoms with Gasteiger partial charge in [-0.05, 0) is 67.4 Å². The molecule has 3 aromatic carbocycles. The number of fused-ring (bicyclic) bond motifs is 1. The first-order valence-electron chi connectivity index (χ1n) is 10.8. The second kappa shape index (κ2) is 10.2. The number of ether oxygens (including phenoxy) is 3. The highest BCUT2D eigenvalue weighted by molar-refractivity contribution is 5.89. The minimum Gasteiger partial charge on any atom is -0.489 e. The van der Waals surface area contributed by atoms with Crippen LogP contribution in [0.25, 0.3) is 11.0 Å². The molecule has 0 amide bonds. The second-order valence-electron chi connectivity index (χ2n) is 7.65. The van der Waals surface area contributed by atoms with Crippen LogP contribution in [0.5, 0.6) is 17.2 Å². The standard InChI is InChI=1S/C27H23FO6/c1-3-14-31-27(30)19-6-10-21(11-7-19)34-26-17(2)33-24-15-22(12-13-23(24)25(26)29)32-16-18-4-8-20(28)9-5-18/h4-13,15H,3,14,16H2,1-2H3. The SMILES string of the molecule is CCCOC(=O)c1ccc(Oc2c(C)oc3cc(OCc4ccc(F)cc4)ccc3c2=O)cc1. The van der Waals surface area contributed by atoms with E-state index in [9.17, 15) is 14.0 Å². The van der Waals surface area contributed by atoms with E-state index in [1.807, 2.05) is 6.92 Å². The average molecular weight is 462 g/mol. The summed E-state index contributed by atoms with van der Waals surface area (Å²) in [5.74, 6) is 0.551. The molecular formula is C27H23FO6. The minimum atomic E-state index is -0.410. The number of hydrogen-bond donors (Lipinski definition) is 0. The van der Waals surface area contributed by atoms with Crippen LogP contribution in [0, 0.1) is 12.7 Å². The lowest BCUT2D eigenvalue weighted by Gasteiger charge is -2.11. The molecule has 0 aliphatic rings. The van der Waals surface area contributed by atoms with Gasteiger partial charge in [0.05, 0.1) is 17.6 Å². The number of aryl methyl sites for hydroxylation is 1. The second-order valence-corrected chi connectivity index (χ2v) is 7.65. The first-order chi connectivity index (χ1) is 16.4. The lowest BCUT2D eigenvalue weighted by molar-refractivity contribution is 0.0505. The molecule has 0 aliphatic heterocycles. The molecule has 0 unspecified atom stereocenters. The van der Waals surface area contributed by atoms with E-state index < -0.39 is 5.97 Å². The normalized spacial score (nSPS) is 10.8. The van der Waals surface area contributed by atoms with E-state index in [2.05, 4.69) is 0 Å². The van der Waals surface area contributed by atoms with Crippen molar-refractivity contribution < 1.29 is 27.8 Å². The first-order valence-corrected chi connectivity index (χ1v) is 10.8. The summed E-state index contributed by atoms with van der Waals surface area (Å²) in [4.78, 5) is 25.0. The molecule has 0 bridgehead atoms. The maximum Gasteiger partial charge on any atom is 0.338 e. The molecule has 0 radical (unpaired) electrons. The Bertz CT molecular complexity index is 1360. The predicted molar refractivity (Wildman–Crippen MR) is 125 cm³/mol. The third kappa shape index (κ3) is 5.26. The van der Waals surface area contributed by atoms with Gasteiger partial charge in [-0.15, -0.1) is 0 Å². The summed E-state index contributed by atoms with van der Waals surface area (Å²) in [6.07, 6.45) is 0.742. The fraction of sp³-hybridized carbons (Fsp3) is 0.185. The molecule has 0 fully saturated rings. The van der Waals surface area contributed by atoms with Crippen molar-refractivity contribution in [1.29, 1.82) is 0 Å². The maximum atomic E-state index is 13.0. The van der Waals surface area contributed by atoms with Gasteiger partial charge in [-0.25, -0.2) is 9.18 Å². The molecule has 4 aromatic rings. The van der Waals surface area contributed by atoms with Crippen molar-refractivity contribution in [3.05, 3.63) is 99.7 Å². The predicted octanol–water partition coefficient (Wildman–Crippen LogP) is 6.18. The van der Waals surface area contributed by atoms with E-state index in [4.69, 9.17) is 18.6 Å². The zero-order valence-corrected chi connectivity index (χ0v) is 18.8. The Kier molecular flexibility index (Phi) is 6.92. The van der Waals surface area contributed by atoms with Crippen molar-refractivity contribution in [2.75, 3.05) is 6.61 Å². The van der Waals surface area contributed by atoms with Crippen molar-refractivity contribution in [2.45, 2.75) is 26.9 Å². The van der Waals surface area contributed by atoms with Crippen molar-refractivity contribution in [3.8, 4) is 17.2 Å². The summed E-state index contributed by atoms with van der Waals surface area (Å²) in [6, 6.07) is 17.3. The van der Waals surface area contributed by atoms with Crippen LogP contribution in [0.3, 0.4) is 0 Å². The Balaban J connectivity index is 1.51. The van der Waals surface area contributed by atoms with Gasteiger partial charge in [-0.1, -0.05) is 19.1 Å². The third-order valence-corrected chi connectivity index (χ3v) is 5.05. The number of rotatable bonds is 8. The lowest BCUT2D eigenvalue weighted by Crippen LogP contribution is -2.08. The van der Waals surface area contributed by atoms with Gasteiger partial charge in [0.1, 0.15) is 35.3 Å². The summed E-state index contributed by atoms with van der Waals surface area (Å²) in [7, 11) is 0. The lowest BCUT2D eigenvalue weighted by atomic mass is 10.2. The maximum absolute atomic E-state index is 13.0. The van der Waals surface area contributed by atoms with Gasteiger partial charge in [0, 0.05) is 6.07 Å². The van der Waals surface area contributed by atoms with Gasteiger partial charge >= 0.3 is 5.97 Å². The Hall–Kier alpha value is -4.13. The number of hydrogen-bond acceptors (Lipinski definition) is 6. The average Bonchev–Trinajstić information content (AvgIpc) is 2.85. The van der Waals surface area contributed by atoms with Crippen LogP contribution in [0.2, 0.25) is 0 Å². The summed E-state index contributed by atoms with van der Waals surface area (Å²) < 4.78 is 35.5. The summed E-state index contributed by atoms with van der Waals surface area (Å²) in [6.45, 7) is 4.16. The number of esters is 1. The fourth-order valence-electron chi connectivity index (χ4n) is 3.28. The quantitative estimate of drug-likeness (QED) is 0.291. The van der Waals surface area contributed by atoms with E-state index in [0.29, 0.717) is 40.4 Å². The van der Waals surface area contributed by atoms with Crippen LogP contribution < -0.4 is 14.9 Å². The van der Waals surface area contributed by atoms with Crippen molar-refractivity contribution >= 4 is 16.9 Å². The Morgan fingerprint density at radius 3 is 2.38 bits per heavy atom. The Morgan fingerprint density at radius 2 is 1.68 bits per heavy atom. The third-order valence-electron chi connectivity index (χ3n) is 5.05. The van der Waals surface area contributed by atoms with Gasteiger partial charge in [0.25, 0.3) is 0 Å². The molecule has 0 saturated heterocycles. The highest BCUT2D eigenvalue weighted by atomic mass is 19.1. The number of benzene rings is 3. The van der Waals surface area contributed by atoms with Crippen LogP contribution in [0.1, 0.15) is 35.0 Å². The summed E-state index contributed by atoms with van der Waals surface area (Å²) >= 11 is 0. The van der Waals surface area contributed by atoms with E-state index >= 15 is 0 Å². The minimum absolute atomic E-state index is 0.0637. The molecule has 0 atom stereocenters. The number of carbonyl (C=O) groups excluding carboxylic acids is 1. The smallest absolute Gasteiger partial charge is 0.338 e. The van der Waals surface area contributed by atoms with Crippen molar-refractivity contribution in [1.82, 2.24) is 0 Å². The molecule has 174 valence electrons. The molecule has 1 aromatic heterocycles. The van der Waals surface area contributed by atoms with E-state index in [1.54, 1.807) is 61.5 Å². The van der Waals surface area contributed by atoms with Gasteiger partial charge in [-0.2, -0.15) is 0 Å². The number of halogens is 1. The molecular weight excluding hydrogens is 439 g/mol. The monoisotopic (exact) mass is 462 g/mol. The summed E-state index contributed by atoms with van der Waals surface area (Å²) in [5, 5.41) is 0.342. The summed E-state index contributed by atoms with van der Waals surface area (Å²) in [5.41, 5.74) is 1.25. The van der Waals surface area contributed by atoms with Crippen LogP contribution >= 0.6 is 0 Å². The molecule has 7 heteroatoms.